The summed E-state index contributed by atoms with van der Waals surface area (Å²) in [6.45, 7) is 2.17. The fraction of sp³-hybridized carbons (Fsp3) is 0.455. The maximum atomic E-state index is 6.28. The average Bonchev–Trinajstić information content (AvgIpc) is 2.18. The van der Waals surface area contributed by atoms with Crippen LogP contribution in [0.3, 0.4) is 0 Å². The van der Waals surface area contributed by atoms with Crippen molar-refractivity contribution in [1.29, 1.82) is 0 Å². The van der Waals surface area contributed by atoms with Gasteiger partial charge in [-0.05, 0) is 36.5 Å². The first kappa shape index (κ1) is 10.3. The van der Waals surface area contributed by atoms with E-state index in [1.54, 1.807) is 0 Å². The summed E-state index contributed by atoms with van der Waals surface area (Å²) in [6.07, 6.45) is 2.23. The number of nitrogens with two attached hydrogens (primary N) is 1. The Bertz CT molecular complexity index is 364. The lowest BCUT2D eigenvalue weighted by atomic mass is 9.64. The molecule has 0 aliphatic heterocycles. The molecular formula is C11H13Cl2N. The van der Waals surface area contributed by atoms with E-state index in [0.29, 0.717) is 16.0 Å². The van der Waals surface area contributed by atoms with Crippen molar-refractivity contribution in [2.45, 2.75) is 25.3 Å². The third-order valence-electron chi connectivity index (χ3n) is 3.33. The standard InChI is InChI=1S/C11H13Cl2N/c1-7-4-5-11(7,14)8-2-3-9(12)10(13)6-8/h2-3,6-7H,4-5,14H2,1H3. The summed E-state index contributed by atoms with van der Waals surface area (Å²) >= 11 is 11.8. The minimum atomic E-state index is -0.186. The van der Waals surface area contributed by atoms with Crippen molar-refractivity contribution in [2.24, 2.45) is 11.7 Å². The van der Waals surface area contributed by atoms with Crippen molar-refractivity contribution in [1.82, 2.24) is 0 Å². The Labute approximate surface area is 94.2 Å². The van der Waals surface area contributed by atoms with Gasteiger partial charge < -0.3 is 5.73 Å². The normalized spacial score (nSPS) is 31.3. The molecule has 0 aromatic heterocycles. The second-order valence-corrected chi connectivity index (χ2v) is 4.92. The predicted octanol–water partition coefficient (Wildman–Crippen LogP) is 3.58. The van der Waals surface area contributed by atoms with E-state index in [4.69, 9.17) is 28.9 Å². The number of hydrogen-bond donors (Lipinski definition) is 1. The molecule has 1 aliphatic carbocycles. The quantitative estimate of drug-likeness (QED) is 0.783. The fourth-order valence-corrected chi connectivity index (χ4v) is 2.26. The van der Waals surface area contributed by atoms with Gasteiger partial charge in [0.2, 0.25) is 0 Å². The molecule has 1 nitrogen and oxygen atoms in total. The second-order valence-electron chi connectivity index (χ2n) is 4.11. The maximum Gasteiger partial charge on any atom is 0.0595 e. The molecule has 76 valence electrons. The number of halogens is 2. The van der Waals surface area contributed by atoms with Crippen molar-refractivity contribution in [3.05, 3.63) is 33.8 Å². The summed E-state index contributed by atoms with van der Waals surface area (Å²) in [5.74, 6) is 0.528. The molecule has 0 saturated heterocycles. The van der Waals surface area contributed by atoms with Crippen LogP contribution in [0.5, 0.6) is 0 Å². The molecule has 2 atom stereocenters. The third kappa shape index (κ3) is 1.44. The number of hydrogen-bond acceptors (Lipinski definition) is 1. The summed E-state index contributed by atoms with van der Waals surface area (Å²) in [4.78, 5) is 0. The van der Waals surface area contributed by atoms with Gasteiger partial charge in [-0.2, -0.15) is 0 Å². The molecule has 1 aromatic carbocycles. The Morgan fingerprint density at radius 3 is 2.50 bits per heavy atom. The van der Waals surface area contributed by atoms with E-state index in [-0.39, 0.29) is 5.54 Å². The Balaban J connectivity index is 2.37. The van der Waals surface area contributed by atoms with Crippen LogP contribution in [0.1, 0.15) is 25.3 Å². The molecule has 1 aromatic rings. The van der Waals surface area contributed by atoms with Crippen LogP contribution in [0.25, 0.3) is 0 Å². The van der Waals surface area contributed by atoms with Gasteiger partial charge in [0.15, 0.2) is 0 Å². The van der Waals surface area contributed by atoms with Gasteiger partial charge in [-0.3, -0.25) is 0 Å². The highest BCUT2D eigenvalue weighted by Gasteiger charge is 2.41. The molecule has 2 unspecified atom stereocenters. The SMILES string of the molecule is CC1CCC1(N)c1ccc(Cl)c(Cl)c1. The molecular weight excluding hydrogens is 217 g/mol. The summed E-state index contributed by atoms with van der Waals surface area (Å²) in [5, 5.41) is 1.18. The van der Waals surface area contributed by atoms with Gasteiger partial charge in [0.1, 0.15) is 0 Å². The highest BCUT2D eigenvalue weighted by Crippen LogP contribution is 2.45. The van der Waals surface area contributed by atoms with Crippen LogP contribution >= 0.6 is 23.2 Å². The smallest absolute Gasteiger partial charge is 0.0595 e. The monoisotopic (exact) mass is 229 g/mol. The molecule has 1 aliphatic rings. The van der Waals surface area contributed by atoms with Crippen molar-refractivity contribution in [3.8, 4) is 0 Å². The van der Waals surface area contributed by atoms with E-state index in [9.17, 15) is 0 Å². The first-order valence-corrected chi connectivity index (χ1v) is 5.54. The van der Waals surface area contributed by atoms with Gasteiger partial charge in [-0.25, -0.2) is 0 Å². The van der Waals surface area contributed by atoms with E-state index in [1.165, 1.54) is 6.42 Å². The largest absolute Gasteiger partial charge is 0.321 e. The van der Waals surface area contributed by atoms with E-state index < -0.39 is 0 Å². The van der Waals surface area contributed by atoms with Gasteiger partial charge in [0.05, 0.1) is 10.0 Å². The molecule has 1 saturated carbocycles. The van der Waals surface area contributed by atoms with Crippen LogP contribution < -0.4 is 5.73 Å². The van der Waals surface area contributed by atoms with Gasteiger partial charge >= 0.3 is 0 Å². The van der Waals surface area contributed by atoms with Crippen LogP contribution in [0.2, 0.25) is 10.0 Å². The van der Waals surface area contributed by atoms with Crippen LogP contribution in [-0.4, -0.2) is 0 Å². The van der Waals surface area contributed by atoms with Crippen molar-refractivity contribution in [3.63, 3.8) is 0 Å². The Morgan fingerprint density at radius 2 is 2.07 bits per heavy atom. The van der Waals surface area contributed by atoms with Crippen molar-refractivity contribution >= 4 is 23.2 Å². The Morgan fingerprint density at radius 1 is 1.36 bits per heavy atom. The van der Waals surface area contributed by atoms with E-state index in [2.05, 4.69) is 6.92 Å². The molecule has 2 N–H and O–H groups in total. The lowest BCUT2D eigenvalue weighted by Gasteiger charge is -2.45. The van der Waals surface area contributed by atoms with E-state index in [1.807, 2.05) is 18.2 Å². The van der Waals surface area contributed by atoms with Gasteiger partial charge in [-0.15, -0.1) is 0 Å². The summed E-state index contributed by atoms with van der Waals surface area (Å²) in [5.41, 5.74) is 7.20. The van der Waals surface area contributed by atoms with Crippen LogP contribution in [0.15, 0.2) is 18.2 Å². The molecule has 3 heteroatoms. The Kier molecular flexibility index (Phi) is 2.50. The van der Waals surface area contributed by atoms with Crippen molar-refractivity contribution in [2.75, 3.05) is 0 Å². The zero-order valence-electron chi connectivity index (χ0n) is 8.06. The zero-order chi connectivity index (χ0) is 10.3. The molecule has 1 fully saturated rings. The highest BCUT2D eigenvalue weighted by atomic mass is 35.5. The average molecular weight is 230 g/mol. The lowest BCUT2D eigenvalue weighted by molar-refractivity contribution is 0.145. The number of rotatable bonds is 1. The summed E-state index contributed by atoms with van der Waals surface area (Å²) < 4.78 is 0. The second kappa shape index (κ2) is 3.41. The molecule has 0 spiro atoms. The van der Waals surface area contributed by atoms with E-state index >= 15 is 0 Å². The molecule has 14 heavy (non-hydrogen) atoms. The van der Waals surface area contributed by atoms with Crippen molar-refractivity contribution < 1.29 is 0 Å². The summed E-state index contributed by atoms with van der Waals surface area (Å²) in [7, 11) is 0. The van der Waals surface area contributed by atoms with Gasteiger partial charge in [-0.1, -0.05) is 36.2 Å². The van der Waals surface area contributed by atoms with Crippen LogP contribution in [0.4, 0.5) is 0 Å². The van der Waals surface area contributed by atoms with E-state index in [0.717, 1.165) is 12.0 Å². The minimum Gasteiger partial charge on any atom is -0.321 e. The third-order valence-corrected chi connectivity index (χ3v) is 4.07. The molecule has 2 rings (SSSR count). The lowest BCUT2D eigenvalue weighted by Crippen LogP contribution is -2.50. The fourth-order valence-electron chi connectivity index (χ4n) is 1.96. The predicted molar refractivity (Wildman–Crippen MR) is 60.7 cm³/mol. The molecule has 0 bridgehead atoms. The molecule has 0 amide bonds. The van der Waals surface area contributed by atoms with Gasteiger partial charge in [0, 0.05) is 5.54 Å². The van der Waals surface area contributed by atoms with Crippen LogP contribution in [-0.2, 0) is 5.54 Å². The number of benzene rings is 1. The first-order chi connectivity index (χ1) is 6.54. The Hall–Kier alpha value is -0.240. The highest BCUT2D eigenvalue weighted by molar-refractivity contribution is 6.42. The minimum absolute atomic E-state index is 0.186. The molecule has 0 heterocycles. The summed E-state index contributed by atoms with van der Waals surface area (Å²) in [6, 6.07) is 5.68. The van der Waals surface area contributed by atoms with Crippen LogP contribution in [0, 0.1) is 5.92 Å². The molecule has 0 radical (unpaired) electrons. The topological polar surface area (TPSA) is 26.0 Å². The zero-order valence-corrected chi connectivity index (χ0v) is 9.57. The first-order valence-electron chi connectivity index (χ1n) is 4.78. The van der Waals surface area contributed by atoms with Gasteiger partial charge in [0.25, 0.3) is 0 Å². The maximum absolute atomic E-state index is 6.28.